The van der Waals surface area contributed by atoms with Gasteiger partial charge in [0.15, 0.2) is 0 Å². The van der Waals surface area contributed by atoms with Gasteiger partial charge in [-0.05, 0) is 18.2 Å². The Labute approximate surface area is 128 Å². The highest BCUT2D eigenvalue weighted by Crippen LogP contribution is 2.31. The molecular formula is C13H7Cl2FN2O3. The lowest BCUT2D eigenvalue weighted by Gasteiger charge is -2.08. The maximum absolute atomic E-state index is 13.0. The molecule has 1 amide bonds. The Bertz CT molecular complexity index is 737. The lowest BCUT2D eigenvalue weighted by Crippen LogP contribution is -2.13. The summed E-state index contributed by atoms with van der Waals surface area (Å²) in [5, 5.41) is 12.9. The van der Waals surface area contributed by atoms with Gasteiger partial charge in [-0.2, -0.15) is 0 Å². The number of non-ortho nitro benzene ring substituents is 1. The number of carbonyl (C=O) groups excluding carboxylic acids is 1. The second kappa shape index (κ2) is 6.07. The number of amides is 1. The van der Waals surface area contributed by atoms with E-state index in [-0.39, 0.29) is 27.0 Å². The van der Waals surface area contributed by atoms with Gasteiger partial charge in [-0.1, -0.05) is 29.3 Å². The normalized spacial score (nSPS) is 10.2. The van der Waals surface area contributed by atoms with Gasteiger partial charge >= 0.3 is 0 Å². The summed E-state index contributed by atoms with van der Waals surface area (Å²) in [6, 6.07) is 7.24. The first kappa shape index (κ1) is 15.2. The third kappa shape index (κ3) is 3.48. The van der Waals surface area contributed by atoms with E-state index in [4.69, 9.17) is 23.2 Å². The van der Waals surface area contributed by atoms with Gasteiger partial charge in [0.1, 0.15) is 5.82 Å². The van der Waals surface area contributed by atoms with Gasteiger partial charge in [-0.15, -0.1) is 0 Å². The lowest BCUT2D eigenvalue weighted by atomic mass is 10.1. The predicted octanol–water partition coefficient (Wildman–Crippen LogP) is 4.29. The van der Waals surface area contributed by atoms with Crippen molar-refractivity contribution in [1.82, 2.24) is 0 Å². The van der Waals surface area contributed by atoms with Gasteiger partial charge in [0.05, 0.1) is 20.5 Å². The Morgan fingerprint density at radius 1 is 1.24 bits per heavy atom. The van der Waals surface area contributed by atoms with Crippen LogP contribution in [0.15, 0.2) is 36.4 Å². The summed E-state index contributed by atoms with van der Waals surface area (Å²) in [5.41, 5.74) is -0.340. The molecule has 0 aromatic heterocycles. The fourth-order valence-corrected chi connectivity index (χ4v) is 2.02. The first-order valence-electron chi connectivity index (χ1n) is 5.59. The van der Waals surface area contributed by atoms with E-state index in [9.17, 15) is 19.3 Å². The zero-order valence-corrected chi connectivity index (χ0v) is 11.8. The number of nitro groups is 1. The molecule has 8 heteroatoms. The van der Waals surface area contributed by atoms with Crippen LogP contribution in [-0.2, 0) is 0 Å². The molecular weight excluding hydrogens is 322 g/mol. The van der Waals surface area contributed by atoms with E-state index in [1.165, 1.54) is 18.2 Å². The number of hydrogen-bond acceptors (Lipinski definition) is 3. The predicted molar refractivity (Wildman–Crippen MR) is 77.5 cm³/mol. The molecule has 0 spiro atoms. The van der Waals surface area contributed by atoms with Crippen LogP contribution in [0, 0.1) is 15.9 Å². The summed E-state index contributed by atoms with van der Waals surface area (Å²) in [6.07, 6.45) is 0. The summed E-state index contributed by atoms with van der Waals surface area (Å²) in [7, 11) is 0. The van der Waals surface area contributed by atoms with Crippen molar-refractivity contribution in [1.29, 1.82) is 0 Å². The molecule has 0 bridgehead atoms. The second-order valence-corrected chi connectivity index (χ2v) is 4.80. The zero-order chi connectivity index (χ0) is 15.6. The van der Waals surface area contributed by atoms with E-state index in [1.807, 2.05) is 0 Å². The van der Waals surface area contributed by atoms with E-state index >= 15 is 0 Å². The summed E-state index contributed by atoms with van der Waals surface area (Å²) < 4.78 is 13.0. The van der Waals surface area contributed by atoms with Crippen molar-refractivity contribution in [3.05, 3.63) is 67.9 Å². The number of benzene rings is 2. The van der Waals surface area contributed by atoms with Crippen LogP contribution in [0.5, 0.6) is 0 Å². The SMILES string of the molecule is O=C(Nc1cccc(F)c1)c1cc([N+](=O)[O-])cc(Cl)c1Cl. The van der Waals surface area contributed by atoms with Crippen LogP contribution in [0.2, 0.25) is 10.0 Å². The Balaban J connectivity index is 2.37. The zero-order valence-electron chi connectivity index (χ0n) is 10.3. The quantitative estimate of drug-likeness (QED) is 0.674. The Hall–Kier alpha value is -2.18. The van der Waals surface area contributed by atoms with E-state index in [2.05, 4.69) is 5.32 Å². The van der Waals surface area contributed by atoms with Crippen LogP contribution >= 0.6 is 23.2 Å². The molecule has 0 saturated heterocycles. The van der Waals surface area contributed by atoms with Crippen molar-refractivity contribution >= 4 is 40.5 Å². The number of halogens is 3. The highest BCUT2D eigenvalue weighted by atomic mass is 35.5. The topological polar surface area (TPSA) is 72.2 Å². The van der Waals surface area contributed by atoms with Crippen molar-refractivity contribution < 1.29 is 14.1 Å². The van der Waals surface area contributed by atoms with Gasteiger partial charge in [0.2, 0.25) is 0 Å². The minimum absolute atomic E-state index is 0.115. The van der Waals surface area contributed by atoms with Crippen LogP contribution in [0.3, 0.4) is 0 Å². The fraction of sp³-hybridized carbons (Fsp3) is 0. The van der Waals surface area contributed by atoms with Gasteiger partial charge < -0.3 is 5.32 Å². The summed E-state index contributed by atoms with van der Waals surface area (Å²) in [5.74, 6) is -1.26. The summed E-state index contributed by atoms with van der Waals surface area (Å²) >= 11 is 11.6. The number of carbonyl (C=O) groups is 1. The third-order valence-corrected chi connectivity index (χ3v) is 3.35. The highest BCUT2D eigenvalue weighted by molar-refractivity contribution is 6.44. The fourth-order valence-electron chi connectivity index (χ4n) is 1.61. The lowest BCUT2D eigenvalue weighted by molar-refractivity contribution is -0.384. The molecule has 108 valence electrons. The first-order chi connectivity index (χ1) is 9.88. The monoisotopic (exact) mass is 328 g/mol. The number of nitro benzene ring substituents is 1. The summed E-state index contributed by atoms with van der Waals surface area (Å²) in [4.78, 5) is 22.1. The molecule has 0 aliphatic heterocycles. The Kier molecular flexibility index (Phi) is 4.40. The minimum atomic E-state index is -0.726. The van der Waals surface area contributed by atoms with Crippen molar-refractivity contribution in [2.45, 2.75) is 0 Å². The number of anilines is 1. The van der Waals surface area contributed by atoms with Gasteiger partial charge in [0, 0.05) is 17.8 Å². The van der Waals surface area contributed by atoms with Crippen LogP contribution in [0.4, 0.5) is 15.8 Å². The van der Waals surface area contributed by atoms with Crippen molar-refractivity contribution in [2.75, 3.05) is 5.32 Å². The maximum Gasteiger partial charge on any atom is 0.271 e. The van der Waals surface area contributed by atoms with E-state index in [0.29, 0.717) is 0 Å². The Morgan fingerprint density at radius 2 is 1.95 bits per heavy atom. The largest absolute Gasteiger partial charge is 0.322 e. The van der Waals surface area contributed by atoms with Crippen LogP contribution in [0.1, 0.15) is 10.4 Å². The minimum Gasteiger partial charge on any atom is -0.322 e. The van der Waals surface area contributed by atoms with E-state index < -0.39 is 16.6 Å². The smallest absolute Gasteiger partial charge is 0.271 e. The van der Waals surface area contributed by atoms with E-state index in [1.54, 1.807) is 0 Å². The molecule has 0 atom stereocenters. The van der Waals surface area contributed by atoms with Crippen LogP contribution in [0.25, 0.3) is 0 Å². The average Bonchev–Trinajstić information content (AvgIpc) is 2.41. The molecule has 0 aliphatic rings. The molecule has 2 aromatic rings. The molecule has 0 heterocycles. The number of nitrogens with one attached hydrogen (secondary N) is 1. The molecule has 21 heavy (non-hydrogen) atoms. The molecule has 2 rings (SSSR count). The standard InChI is InChI=1S/C13H7Cl2FN2O3/c14-11-6-9(18(20)21)5-10(12(11)15)13(19)17-8-3-1-2-7(16)4-8/h1-6H,(H,17,19). The molecule has 0 saturated carbocycles. The average molecular weight is 329 g/mol. The van der Waals surface area contributed by atoms with Gasteiger partial charge in [-0.25, -0.2) is 4.39 Å². The number of rotatable bonds is 3. The van der Waals surface area contributed by atoms with Gasteiger partial charge in [-0.3, -0.25) is 14.9 Å². The third-order valence-electron chi connectivity index (χ3n) is 2.55. The second-order valence-electron chi connectivity index (χ2n) is 4.01. The molecule has 5 nitrogen and oxygen atoms in total. The molecule has 0 aliphatic carbocycles. The van der Waals surface area contributed by atoms with Crippen molar-refractivity contribution in [2.24, 2.45) is 0 Å². The number of hydrogen-bond donors (Lipinski definition) is 1. The van der Waals surface area contributed by atoms with Crippen LogP contribution in [-0.4, -0.2) is 10.8 Å². The molecule has 2 aromatic carbocycles. The van der Waals surface area contributed by atoms with Crippen LogP contribution < -0.4 is 5.32 Å². The Morgan fingerprint density at radius 3 is 2.57 bits per heavy atom. The molecule has 0 unspecified atom stereocenters. The highest BCUT2D eigenvalue weighted by Gasteiger charge is 2.19. The van der Waals surface area contributed by atoms with Crippen molar-refractivity contribution in [3.8, 4) is 0 Å². The molecule has 0 radical (unpaired) electrons. The first-order valence-corrected chi connectivity index (χ1v) is 6.34. The molecule has 1 N–H and O–H groups in total. The maximum atomic E-state index is 13.0. The van der Waals surface area contributed by atoms with Gasteiger partial charge in [0.25, 0.3) is 11.6 Å². The van der Waals surface area contributed by atoms with Crippen molar-refractivity contribution in [3.63, 3.8) is 0 Å². The number of nitrogens with zero attached hydrogens (tertiary/aromatic N) is 1. The molecule has 0 fully saturated rings. The summed E-state index contributed by atoms with van der Waals surface area (Å²) in [6.45, 7) is 0. The van der Waals surface area contributed by atoms with E-state index in [0.717, 1.165) is 18.2 Å².